The zero-order chi connectivity index (χ0) is 17.0. The van der Waals surface area contributed by atoms with Gasteiger partial charge in [-0.05, 0) is 68.2 Å². The second kappa shape index (κ2) is 7.85. The fraction of sp³-hybridized carbons (Fsp3) is 0.650. The van der Waals surface area contributed by atoms with Gasteiger partial charge in [-0.1, -0.05) is 27.7 Å². The molecular weight excluding hydrogens is 282 g/mol. The van der Waals surface area contributed by atoms with Crippen molar-refractivity contribution in [1.29, 1.82) is 0 Å². The molecule has 3 nitrogen and oxygen atoms in total. The third kappa shape index (κ3) is 2.98. The number of aryl methyl sites for hydroxylation is 3. The van der Waals surface area contributed by atoms with Crippen LogP contribution in [0.5, 0.6) is 0 Å². The Morgan fingerprint density at radius 2 is 1.52 bits per heavy atom. The van der Waals surface area contributed by atoms with Gasteiger partial charge in [0.1, 0.15) is 0 Å². The van der Waals surface area contributed by atoms with Crippen LogP contribution in [-0.4, -0.2) is 16.1 Å². The van der Waals surface area contributed by atoms with E-state index in [1.165, 1.54) is 54.3 Å². The number of benzene rings is 1. The van der Waals surface area contributed by atoms with Crippen LogP contribution >= 0.6 is 0 Å². The maximum absolute atomic E-state index is 4.87. The average Bonchev–Trinajstić information content (AvgIpc) is 3.03. The van der Waals surface area contributed by atoms with Crippen molar-refractivity contribution >= 4 is 17.0 Å². The number of fused-ring (bicyclic) bond motifs is 5. The van der Waals surface area contributed by atoms with E-state index in [0.29, 0.717) is 0 Å². The lowest BCUT2D eigenvalue weighted by atomic mass is 9.85. The molecule has 1 aliphatic heterocycles. The van der Waals surface area contributed by atoms with E-state index in [1.807, 2.05) is 27.7 Å². The molecule has 0 saturated heterocycles. The van der Waals surface area contributed by atoms with Crippen molar-refractivity contribution in [2.45, 2.75) is 80.2 Å². The molecular formula is C20H33N3. The molecule has 0 amide bonds. The predicted octanol–water partition coefficient (Wildman–Crippen LogP) is 5.40. The number of rotatable bonds is 0. The van der Waals surface area contributed by atoms with Gasteiger partial charge in [-0.15, -0.1) is 0 Å². The minimum Gasteiger partial charge on any atom is -0.356 e. The van der Waals surface area contributed by atoms with Crippen LogP contribution in [0.25, 0.3) is 11.0 Å². The summed E-state index contributed by atoms with van der Waals surface area (Å²) in [5.41, 5.74) is 8.75. The van der Waals surface area contributed by atoms with E-state index < -0.39 is 0 Å². The predicted molar refractivity (Wildman–Crippen MR) is 102 cm³/mol. The Hall–Kier alpha value is -1.51. The molecule has 3 heteroatoms. The summed E-state index contributed by atoms with van der Waals surface area (Å²) in [4.78, 5) is 4.87. The highest BCUT2D eigenvalue weighted by Gasteiger charge is 2.24. The van der Waals surface area contributed by atoms with Crippen LogP contribution in [0.1, 0.15) is 69.2 Å². The number of aromatic nitrogens is 2. The first-order valence-corrected chi connectivity index (χ1v) is 9.52. The molecule has 4 rings (SSSR count). The Labute approximate surface area is 141 Å². The third-order valence-electron chi connectivity index (χ3n) is 4.93. The minimum atomic E-state index is 1.06. The van der Waals surface area contributed by atoms with E-state index >= 15 is 0 Å². The maximum Gasteiger partial charge on any atom is 0.203 e. The van der Waals surface area contributed by atoms with Gasteiger partial charge in [0.2, 0.25) is 5.95 Å². The molecule has 2 aromatic rings. The van der Waals surface area contributed by atoms with E-state index in [4.69, 9.17) is 4.98 Å². The van der Waals surface area contributed by atoms with Crippen molar-refractivity contribution < 1.29 is 0 Å². The highest BCUT2D eigenvalue weighted by molar-refractivity contribution is 5.88. The minimum absolute atomic E-state index is 1.06. The molecule has 1 aromatic heterocycles. The molecule has 2 aliphatic rings. The Balaban J connectivity index is 0.000000448. The highest BCUT2D eigenvalue weighted by Crippen LogP contribution is 2.36. The molecule has 0 radical (unpaired) electrons. The molecule has 0 fully saturated rings. The number of anilines is 1. The largest absolute Gasteiger partial charge is 0.356 e. The van der Waals surface area contributed by atoms with E-state index in [0.717, 1.165) is 19.0 Å². The van der Waals surface area contributed by atoms with Crippen LogP contribution in [0.2, 0.25) is 0 Å². The molecule has 0 spiro atoms. The molecule has 2 heterocycles. The van der Waals surface area contributed by atoms with Gasteiger partial charge in [-0.25, -0.2) is 4.98 Å². The van der Waals surface area contributed by atoms with Gasteiger partial charge in [0.25, 0.3) is 0 Å². The van der Waals surface area contributed by atoms with Crippen molar-refractivity contribution in [2.75, 3.05) is 11.9 Å². The molecule has 0 unspecified atom stereocenters. The molecule has 128 valence electrons. The zero-order valence-corrected chi connectivity index (χ0v) is 15.8. The topological polar surface area (TPSA) is 29.9 Å². The molecule has 0 atom stereocenters. The molecule has 1 aromatic carbocycles. The lowest BCUT2D eigenvalue weighted by Gasteiger charge is -2.23. The summed E-state index contributed by atoms with van der Waals surface area (Å²) in [5.74, 6) is 1.09. The fourth-order valence-corrected chi connectivity index (χ4v) is 3.79. The van der Waals surface area contributed by atoms with Gasteiger partial charge < -0.3 is 9.88 Å². The van der Waals surface area contributed by atoms with Crippen LogP contribution in [0.3, 0.4) is 0 Å². The summed E-state index contributed by atoms with van der Waals surface area (Å²) in [6, 6.07) is 0. The van der Waals surface area contributed by atoms with Crippen molar-refractivity contribution in [1.82, 2.24) is 9.55 Å². The second-order valence-electron chi connectivity index (χ2n) is 5.98. The van der Waals surface area contributed by atoms with E-state index in [2.05, 4.69) is 23.7 Å². The SMILES string of the molecule is CC.CC.Cc1c2c(c3c(nc4n3CCCN4)c1C)CCCC2. The molecule has 0 bridgehead atoms. The Kier molecular flexibility index (Phi) is 6.09. The fourth-order valence-electron chi connectivity index (χ4n) is 3.79. The summed E-state index contributed by atoms with van der Waals surface area (Å²) in [7, 11) is 0. The number of nitrogens with zero attached hydrogens (tertiary/aromatic N) is 2. The van der Waals surface area contributed by atoms with Crippen LogP contribution in [0.15, 0.2) is 0 Å². The van der Waals surface area contributed by atoms with Crippen LogP contribution in [0.4, 0.5) is 5.95 Å². The van der Waals surface area contributed by atoms with Gasteiger partial charge in [-0.2, -0.15) is 0 Å². The maximum atomic E-state index is 4.87. The normalized spacial score (nSPS) is 15.4. The molecule has 1 N–H and O–H groups in total. The van der Waals surface area contributed by atoms with Gasteiger partial charge >= 0.3 is 0 Å². The summed E-state index contributed by atoms with van der Waals surface area (Å²) in [5, 5.41) is 3.46. The second-order valence-corrected chi connectivity index (χ2v) is 5.98. The van der Waals surface area contributed by atoms with E-state index in [-0.39, 0.29) is 0 Å². The quantitative estimate of drug-likeness (QED) is 0.705. The number of hydrogen-bond donors (Lipinski definition) is 1. The smallest absolute Gasteiger partial charge is 0.203 e. The van der Waals surface area contributed by atoms with E-state index in [9.17, 15) is 0 Å². The first-order valence-electron chi connectivity index (χ1n) is 9.52. The van der Waals surface area contributed by atoms with Crippen molar-refractivity contribution in [3.05, 3.63) is 22.3 Å². The zero-order valence-electron chi connectivity index (χ0n) is 15.8. The summed E-state index contributed by atoms with van der Waals surface area (Å²) < 4.78 is 2.43. The Morgan fingerprint density at radius 1 is 0.870 bits per heavy atom. The van der Waals surface area contributed by atoms with Gasteiger partial charge in [0, 0.05) is 13.1 Å². The third-order valence-corrected chi connectivity index (χ3v) is 4.93. The molecule has 1 aliphatic carbocycles. The Morgan fingerprint density at radius 3 is 2.22 bits per heavy atom. The van der Waals surface area contributed by atoms with Gasteiger partial charge in [-0.3, -0.25) is 0 Å². The number of nitrogens with one attached hydrogen (secondary N) is 1. The lowest BCUT2D eigenvalue weighted by molar-refractivity contribution is 0.633. The average molecular weight is 316 g/mol. The summed E-state index contributed by atoms with van der Waals surface area (Å²) in [6.07, 6.45) is 6.38. The number of hydrogen-bond acceptors (Lipinski definition) is 2. The lowest BCUT2D eigenvalue weighted by Crippen LogP contribution is -2.18. The summed E-state index contributed by atoms with van der Waals surface area (Å²) >= 11 is 0. The van der Waals surface area contributed by atoms with E-state index in [1.54, 1.807) is 11.1 Å². The van der Waals surface area contributed by atoms with Crippen LogP contribution < -0.4 is 5.32 Å². The van der Waals surface area contributed by atoms with Crippen LogP contribution in [-0.2, 0) is 19.4 Å². The van der Waals surface area contributed by atoms with Crippen molar-refractivity contribution in [2.24, 2.45) is 0 Å². The van der Waals surface area contributed by atoms with Crippen LogP contribution in [0, 0.1) is 13.8 Å². The van der Waals surface area contributed by atoms with Crippen molar-refractivity contribution in [3.63, 3.8) is 0 Å². The first kappa shape index (κ1) is 17.8. The summed E-state index contributed by atoms with van der Waals surface area (Å²) in [6.45, 7) is 14.7. The molecule has 23 heavy (non-hydrogen) atoms. The van der Waals surface area contributed by atoms with Gasteiger partial charge in [0.15, 0.2) is 0 Å². The first-order chi connectivity index (χ1) is 11.3. The number of imidazole rings is 1. The van der Waals surface area contributed by atoms with Crippen molar-refractivity contribution in [3.8, 4) is 0 Å². The highest BCUT2D eigenvalue weighted by atomic mass is 15.2. The standard InChI is InChI=1S/C16H21N3.2C2H6/c1-10-11(2)14-15(13-7-4-3-6-12(10)13)19-9-5-8-17-16(19)18-14;2*1-2/h3-9H2,1-2H3,(H,17,18);2*1-2H3. The van der Waals surface area contributed by atoms with Gasteiger partial charge in [0.05, 0.1) is 11.0 Å². The molecule has 0 saturated carbocycles. The monoisotopic (exact) mass is 315 g/mol. The Bertz CT molecular complexity index is 668.